The van der Waals surface area contributed by atoms with Crippen molar-refractivity contribution in [3.05, 3.63) is 0 Å². The number of esters is 1. The highest BCUT2D eigenvalue weighted by atomic mass is 16.7. The number of morpholine rings is 1. The Balaban J connectivity index is 2.04. The molecule has 0 unspecified atom stereocenters. The number of hydrogen-bond acceptors (Lipinski definition) is 5. The molecular formula is C7H11NO4. The quantitative estimate of drug-likeness (QED) is 0.509. The Morgan fingerprint density at radius 3 is 3.00 bits per heavy atom. The van der Waals surface area contributed by atoms with Crippen LogP contribution in [0.5, 0.6) is 0 Å². The standard InChI is InChI=1S/C7H11NO4/c1-10-7(9)6-4-2-8-3-5(11-4)12-6/h4-6,8H,2-3H2,1H3/t4-,5-,6-/m1/s1. The van der Waals surface area contributed by atoms with Crippen molar-refractivity contribution < 1.29 is 19.0 Å². The molecule has 2 heterocycles. The van der Waals surface area contributed by atoms with E-state index in [-0.39, 0.29) is 18.4 Å². The van der Waals surface area contributed by atoms with Gasteiger partial charge in [0.1, 0.15) is 6.10 Å². The number of rotatable bonds is 1. The van der Waals surface area contributed by atoms with E-state index >= 15 is 0 Å². The van der Waals surface area contributed by atoms with Crippen molar-refractivity contribution in [2.24, 2.45) is 0 Å². The first-order valence-electron chi connectivity index (χ1n) is 3.90. The molecule has 5 nitrogen and oxygen atoms in total. The second-order valence-corrected chi connectivity index (χ2v) is 2.84. The summed E-state index contributed by atoms with van der Waals surface area (Å²) >= 11 is 0. The molecule has 2 rings (SSSR count). The monoisotopic (exact) mass is 173 g/mol. The molecule has 0 aromatic carbocycles. The van der Waals surface area contributed by atoms with Crippen LogP contribution in [0.3, 0.4) is 0 Å². The van der Waals surface area contributed by atoms with Crippen LogP contribution in [-0.4, -0.2) is 44.7 Å². The zero-order chi connectivity index (χ0) is 8.55. The first-order valence-corrected chi connectivity index (χ1v) is 3.90. The predicted octanol–water partition coefficient (Wildman–Crippen LogP) is -1.13. The van der Waals surface area contributed by atoms with E-state index in [0.717, 1.165) is 0 Å². The smallest absolute Gasteiger partial charge is 0.337 e. The number of ether oxygens (including phenoxy) is 3. The predicted molar refractivity (Wildman–Crippen MR) is 38.4 cm³/mol. The van der Waals surface area contributed by atoms with E-state index in [0.29, 0.717) is 13.1 Å². The Labute approximate surface area is 70.0 Å². The Hall–Kier alpha value is -0.650. The van der Waals surface area contributed by atoms with Gasteiger partial charge in [-0.05, 0) is 0 Å². The Morgan fingerprint density at radius 2 is 2.33 bits per heavy atom. The lowest BCUT2D eigenvalue weighted by atomic mass is 10.2. The second kappa shape index (κ2) is 3.01. The molecule has 0 spiro atoms. The third kappa shape index (κ3) is 1.20. The Bertz CT molecular complexity index is 196. The van der Waals surface area contributed by atoms with E-state index in [1.165, 1.54) is 7.11 Å². The van der Waals surface area contributed by atoms with Crippen LogP contribution >= 0.6 is 0 Å². The molecule has 1 N–H and O–H groups in total. The number of hydrogen-bond donors (Lipinski definition) is 1. The molecule has 0 aromatic rings. The van der Waals surface area contributed by atoms with E-state index in [1.54, 1.807) is 0 Å². The summed E-state index contributed by atoms with van der Waals surface area (Å²) in [6, 6.07) is 0. The van der Waals surface area contributed by atoms with Crippen LogP contribution < -0.4 is 5.32 Å². The molecule has 2 bridgehead atoms. The zero-order valence-electron chi connectivity index (χ0n) is 6.78. The lowest BCUT2D eigenvalue weighted by Crippen LogP contribution is -2.42. The summed E-state index contributed by atoms with van der Waals surface area (Å²) in [5.74, 6) is -0.355. The van der Waals surface area contributed by atoms with E-state index in [1.807, 2.05) is 0 Å². The lowest BCUT2D eigenvalue weighted by Gasteiger charge is -2.18. The van der Waals surface area contributed by atoms with Crippen molar-refractivity contribution in [1.82, 2.24) is 5.32 Å². The molecule has 0 aromatic heterocycles. The zero-order valence-corrected chi connectivity index (χ0v) is 6.78. The third-order valence-corrected chi connectivity index (χ3v) is 2.05. The first kappa shape index (κ1) is 7.97. The topological polar surface area (TPSA) is 56.8 Å². The van der Waals surface area contributed by atoms with E-state index < -0.39 is 6.10 Å². The average Bonchev–Trinajstić information content (AvgIpc) is 2.40. The van der Waals surface area contributed by atoms with Crippen LogP contribution in [-0.2, 0) is 19.0 Å². The van der Waals surface area contributed by atoms with Gasteiger partial charge in [-0.2, -0.15) is 0 Å². The van der Waals surface area contributed by atoms with Crippen molar-refractivity contribution in [3.8, 4) is 0 Å². The van der Waals surface area contributed by atoms with Gasteiger partial charge in [0.15, 0.2) is 12.4 Å². The molecule has 0 aliphatic carbocycles. The van der Waals surface area contributed by atoms with Crippen LogP contribution in [0.1, 0.15) is 0 Å². The van der Waals surface area contributed by atoms with Crippen LogP contribution in [0.15, 0.2) is 0 Å². The Morgan fingerprint density at radius 1 is 1.50 bits per heavy atom. The number of methoxy groups -OCH3 is 1. The van der Waals surface area contributed by atoms with Gasteiger partial charge in [0.25, 0.3) is 0 Å². The summed E-state index contributed by atoms with van der Waals surface area (Å²) in [7, 11) is 1.35. The molecule has 2 aliphatic heterocycles. The van der Waals surface area contributed by atoms with Crippen molar-refractivity contribution in [2.75, 3.05) is 20.2 Å². The average molecular weight is 173 g/mol. The molecule has 12 heavy (non-hydrogen) atoms. The molecule has 0 amide bonds. The largest absolute Gasteiger partial charge is 0.467 e. The normalized spacial score (nSPS) is 39.6. The van der Waals surface area contributed by atoms with Crippen molar-refractivity contribution in [3.63, 3.8) is 0 Å². The van der Waals surface area contributed by atoms with Crippen molar-refractivity contribution in [1.29, 1.82) is 0 Å². The van der Waals surface area contributed by atoms with E-state index in [9.17, 15) is 4.79 Å². The maximum absolute atomic E-state index is 11.1. The summed E-state index contributed by atoms with van der Waals surface area (Å²) < 4.78 is 15.2. The van der Waals surface area contributed by atoms with Gasteiger partial charge in [0.2, 0.25) is 0 Å². The van der Waals surface area contributed by atoms with Gasteiger partial charge in [0, 0.05) is 13.1 Å². The highest BCUT2D eigenvalue weighted by molar-refractivity contribution is 5.75. The summed E-state index contributed by atoms with van der Waals surface area (Å²) in [5.41, 5.74) is 0. The summed E-state index contributed by atoms with van der Waals surface area (Å²) in [4.78, 5) is 11.1. The molecule has 68 valence electrons. The molecule has 5 heteroatoms. The van der Waals surface area contributed by atoms with Gasteiger partial charge in [-0.15, -0.1) is 0 Å². The van der Waals surface area contributed by atoms with Crippen LogP contribution in [0, 0.1) is 0 Å². The minimum absolute atomic E-state index is 0.184. The number of carbonyl (C=O) groups excluding carboxylic acids is 1. The minimum atomic E-state index is -0.546. The number of carbonyl (C=O) groups is 1. The molecule has 2 aliphatic rings. The van der Waals surface area contributed by atoms with E-state index in [2.05, 4.69) is 10.1 Å². The van der Waals surface area contributed by atoms with Gasteiger partial charge >= 0.3 is 5.97 Å². The molecule has 3 atom stereocenters. The molecule has 0 saturated carbocycles. The Kier molecular flexibility index (Phi) is 2.00. The van der Waals surface area contributed by atoms with Gasteiger partial charge in [-0.1, -0.05) is 0 Å². The van der Waals surface area contributed by atoms with Crippen molar-refractivity contribution in [2.45, 2.75) is 18.5 Å². The van der Waals surface area contributed by atoms with Crippen LogP contribution in [0.25, 0.3) is 0 Å². The SMILES string of the molecule is COC(=O)[C@@H]1O[C@@H]2CNC[C@H]1O2. The van der Waals surface area contributed by atoms with Gasteiger partial charge in [-0.25, -0.2) is 4.79 Å². The highest BCUT2D eigenvalue weighted by Crippen LogP contribution is 2.22. The fourth-order valence-corrected chi connectivity index (χ4v) is 1.47. The fraction of sp³-hybridized carbons (Fsp3) is 0.857. The van der Waals surface area contributed by atoms with Gasteiger partial charge in [-0.3, -0.25) is 0 Å². The van der Waals surface area contributed by atoms with Crippen molar-refractivity contribution >= 4 is 5.97 Å². The summed E-state index contributed by atoms with van der Waals surface area (Å²) in [6.45, 7) is 1.29. The summed E-state index contributed by atoms with van der Waals surface area (Å²) in [6.07, 6.45) is -1.01. The van der Waals surface area contributed by atoms with E-state index in [4.69, 9.17) is 9.47 Å². The summed E-state index contributed by atoms with van der Waals surface area (Å²) in [5, 5.41) is 3.10. The van der Waals surface area contributed by atoms with Gasteiger partial charge < -0.3 is 19.5 Å². The first-order chi connectivity index (χ1) is 5.81. The number of nitrogens with one attached hydrogen (secondary N) is 1. The van der Waals surface area contributed by atoms with Gasteiger partial charge in [0.05, 0.1) is 7.11 Å². The maximum Gasteiger partial charge on any atom is 0.337 e. The highest BCUT2D eigenvalue weighted by Gasteiger charge is 2.43. The molecule has 2 fully saturated rings. The fourth-order valence-electron chi connectivity index (χ4n) is 1.47. The molecule has 0 radical (unpaired) electrons. The molecule has 2 saturated heterocycles. The second-order valence-electron chi connectivity index (χ2n) is 2.84. The lowest BCUT2D eigenvalue weighted by molar-refractivity contribution is -0.153. The minimum Gasteiger partial charge on any atom is -0.467 e. The third-order valence-electron chi connectivity index (χ3n) is 2.05. The van der Waals surface area contributed by atoms with Crippen LogP contribution in [0.4, 0.5) is 0 Å². The van der Waals surface area contributed by atoms with Crippen LogP contribution in [0.2, 0.25) is 0 Å². The maximum atomic E-state index is 11.1. The number of fused-ring (bicyclic) bond motifs is 2. The molecular weight excluding hydrogens is 162 g/mol.